The Morgan fingerprint density at radius 1 is 0.963 bits per heavy atom. The van der Waals surface area contributed by atoms with Crippen molar-refractivity contribution in [3.8, 4) is 0 Å². The van der Waals surface area contributed by atoms with Gasteiger partial charge in [-0.1, -0.05) is 94.4 Å². The number of hydrogen-bond acceptors (Lipinski definition) is 3. The van der Waals surface area contributed by atoms with E-state index in [9.17, 15) is 4.79 Å². The zero-order chi connectivity index (χ0) is 19.5. The highest BCUT2D eigenvalue weighted by Crippen LogP contribution is 2.37. The van der Waals surface area contributed by atoms with Crippen LogP contribution in [0, 0.1) is 5.92 Å². The van der Waals surface area contributed by atoms with Crippen molar-refractivity contribution in [1.82, 2.24) is 0 Å². The van der Waals surface area contributed by atoms with Crippen LogP contribution in [0.25, 0.3) is 0 Å². The SMILES string of the molecule is C[C@H]1C=CC(=O)O[C@H]1CO[Si](c1ccccc1)(c1ccccc1)C(C)(C)C. The highest BCUT2D eigenvalue weighted by atomic mass is 28.4. The van der Waals surface area contributed by atoms with Crippen molar-refractivity contribution in [2.75, 3.05) is 6.61 Å². The van der Waals surface area contributed by atoms with Crippen molar-refractivity contribution < 1.29 is 14.0 Å². The van der Waals surface area contributed by atoms with Crippen molar-refractivity contribution in [3.63, 3.8) is 0 Å². The molecule has 4 heteroatoms. The van der Waals surface area contributed by atoms with Crippen LogP contribution < -0.4 is 10.4 Å². The summed E-state index contributed by atoms with van der Waals surface area (Å²) >= 11 is 0. The van der Waals surface area contributed by atoms with Gasteiger partial charge in [-0.25, -0.2) is 4.79 Å². The van der Waals surface area contributed by atoms with E-state index >= 15 is 0 Å². The Hall–Kier alpha value is -2.17. The maximum absolute atomic E-state index is 11.7. The second kappa shape index (κ2) is 7.83. The van der Waals surface area contributed by atoms with Crippen LogP contribution in [-0.4, -0.2) is 27.0 Å². The Labute approximate surface area is 163 Å². The first-order valence-corrected chi connectivity index (χ1v) is 11.4. The van der Waals surface area contributed by atoms with E-state index in [0.717, 1.165) is 0 Å². The molecule has 3 nitrogen and oxygen atoms in total. The molecule has 142 valence electrons. The highest BCUT2D eigenvalue weighted by molar-refractivity contribution is 6.99. The first-order chi connectivity index (χ1) is 12.8. The quantitative estimate of drug-likeness (QED) is 0.586. The Balaban J connectivity index is 2.04. The highest BCUT2D eigenvalue weighted by Gasteiger charge is 2.50. The van der Waals surface area contributed by atoms with Crippen molar-refractivity contribution in [3.05, 3.63) is 72.8 Å². The van der Waals surface area contributed by atoms with Crippen LogP contribution in [0.15, 0.2) is 72.8 Å². The van der Waals surface area contributed by atoms with Crippen LogP contribution in [0.5, 0.6) is 0 Å². The molecule has 2 atom stereocenters. The average molecular weight is 381 g/mol. The van der Waals surface area contributed by atoms with Gasteiger partial charge < -0.3 is 9.16 Å². The Kier molecular flexibility index (Phi) is 5.68. The van der Waals surface area contributed by atoms with Gasteiger partial charge in [-0.2, -0.15) is 0 Å². The van der Waals surface area contributed by atoms with Crippen LogP contribution in [0.4, 0.5) is 0 Å². The van der Waals surface area contributed by atoms with E-state index in [1.807, 2.05) is 18.2 Å². The minimum Gasteiger partial charge on any atom is -0.456 e. The number of rotatable bonds is 5. The summed E-state index contributed by atoms with van der Waals surface area (Å²) in [6, 6.07) is 21.0. The third-order valence-electron chi connectivity index (χ3n) is 5.27. The lowest BCUT2D eigenvalue weighted by molar-refractivity contribution is -0.148. The summed E-state index contributed by atoms with van der Waals surface area (Å²) in [6.45, 7) is 9.19. The van der Waals surface area contributed by atoms with Gasteiger partial charge in [0.2, 0.25) is 0 Å². The molecule has 0 bridgehead atoms. The lowest BCUT2D eigenvalue weighted by Gasteiger charge is -2.44. The van der Waals surface area contributed by atoms with Gasteiger partial charge in [0.25, 0.3) is 8.32 Å². The van der Waals surface area contributed by atoms with E-state index in [1.165, 1.54) is 16.4 Å². The molecule has 2 aromatic rings. The molecular weight excluding hydrogens is 352 g/mol. The largest absolute Gasteiger partial charge is 0.456 e. The van der Waals surface area contributed by atoms with E-state index in [2.05, 4.69) is 76.2 Å². The van der Waals surface area contributed by atoms with Crippen LogP contribution >= 0.6 is 0 Å². The summed E-state index contributed by atoms with van der Waals surface area (Å²) in [5.41, 5.74) is 0. The molecule has 1 aliphatic rings. The standard InChI is InChI=1S/C23H28O3Si/c1-18-15-16-22(24)26-21(18)17-25-27(23(2,3)4,19-11-7-5-8-12-19)20-13-9-6-10-14-20/h5-16,18,21H,17H2,1-4H3/t18-,21-/m0/s1. The fraction of sp³-hybridized carbons (Fsp3) is 0.348. The number of esters is 1. The van der Waals surface area contributed by atoms with Gasteiger partial charge in [0, 0.05) is 12.0 Å². The first-order valence-electron chi connectivity index (χ1n) is 9.48. The van der Waals surface area contributed by atoms with Crippen molar-refractivity contribution in [2.45, 2.75) is 38.8 Å². The summed E-state index contributed by atoms with van der Waals surface area (Å²) in [6.07, 6.45) is 3.15. The van der Waals surface area contributed by atoms with E-state index < -0.39 is 8.32 Å². The molecule has 3 rings (SSSR count). The number of carbonyl (C=O) groups is 1. The summed E-state index contributed by atoms with van der Waals surface area (Å²) < 4.78 is 12.4. The molecule has 0 radical (unpaired) electrons. The molecular formula is C23H28O3Si. The Morgan fingerprint density at radius 3 is 1.96 bits per heavy atom. The molecule has 2 aromatic carbocycles. The topological polar surface area (TPSA) is 35.5 Å². The monoisotopic (exact) mass is 380 g/mol. The second-order valence-corrected chi connectivity index (χ2v) is 12.5. The maximum atomic E-state index is 11.7. The average Bonchev–Trinajstić information content (AvgIpc) is 2.65. The molecule has 0 aromatic heterocycles. The molecule has 27 heavy (non-hydrogen) atoms. The minimum absolute atomic E-state index is 0.0898. The van der Waals surface area contributed by atoms with Crippen LogP contribution in [0.1, 0.15) is 27.7 Å². The van der Waals surface area contributed by atoms with Gasteiger partial charge in [0.1, 0.15) is 6.10 Å². The van der Waals surface area contributed by atoms with E-state index in [0.29, 0.717) is 6.61 Å². The predicted octanol–water partition coefficient (Wildman–Crippen LogP) is 3.68. The summed E-state index contributed by atoms with van der Waals surface area (Å²) in [5.74, 6) is -0.148. The fourth-order valence-electron chi connectivity index (χ4n) is 3.80. The first kappa shape index (κ1) is 19.6. The van der Waals surface area contributed by atoms with Crippen molar-refractivity contribution in [2.24, 2.45) is 5.92 Å². The molecule has 1 aliphatic heterocycles. The fourth-order valence-corrected chi connectivity index (χ4v) is 8.37. The number of ether oxygens (including phenoxy) is 1. The molecule has 0 amide bonds. The van der Waals surface area contributed by atoms with Gasteiger partial charge >= 0.3 is 5.97 Å². The molecule has 0 saturated carbocycles. The lowest BCUT2D eigenvalue weighted by atomic mass is 10.0. The summed E-state index contributed by atoms with van der Waals surface area (Å²) in [7, 11) is -2.60. The molecule has 0 spiro atoms. The summed E-state index contributed by atoms with van der Waals surface area (Å²) in [4.78, 5) is 11.7. The zero-order valence-corrected chi connectivity index (χ0v) is 17.5. The van der Waals surface area contributed by atoms with Crippen LogP contribution in [-0.2, 0) is 14.0 Å². The molecule has 1 heterocycles. The molecule has 0 N–H and O–H groups in total. The normalized spacial score (nSPS) is 20.4. The number of cyclic esters (lactones) is 1. The van der Waals surface area contributed by atoms with Crippen LogP contribution in [0.3, 0.4) is 0 Å². The van der Waals surface area contributed by atoms with E-state index in [4.69, 9.17) is 9.16 Å². The Morgan fingerprint density at radius 2 is 1.48 bits per heavy atom. The number of benzene rings is 2. The van der Waals surface area contributed by atoms with Crippen molar-refractivity contribution >= 4 is 24.7 Å². The van der Waals surface area contributed by atoms with Gasteiger partial charge in [-0.15, -0.1) is 0 Å². The second-order valence-electron chi connectivity index (χ2n) is 8.17. The van der Waals surface area contributed by atoms with E-state index in [1.54, 1.807) is 0 Å². The molecule has 0 saturated heterocycles. The third kappa shape index (κ3) is 3.92. The van der Waals surface area contributed by atoms with Gasteiger partial charge in [0.15, 0.2) is 0 Å². The third-order valence-corrected chi connectivity index (χ3v) is 10.3. The molecule has 0 fully saturated rings. The zero-order valence-electron chi connectivity index (χ0n) is 16.5. The van der Waals surface area contributed by atoms with Crippen LogP contribution in [0.2, 0.25) is 5.04 Å². The molecule has 0 unspecified atom stereocenters. The van der Waals surface area contributed by atoms with Crippen molar-refractivity contribution in [1.29, 1.82) is 0 Å². The maximum Gasteiger partial charge on any atom is 0.330 e. The van der Waals surface area contributed by atoms with Gasteiger partial charge in [0.05, 0.1) is 6.61 Å². The molecule has 0 aliphatic carbocycles. The number of hydrogen-bond donors (Lipinski definition) is 0. The van der Waals surface area contributed by atoms with Gasteiger partial charge in [-0.05, 0) is 15.4 Å². The smallest absolute Gasteiger partial charge is 0.330 e. The Bertz CT molecular complexity index is 754. The minimum atomic E-state index is -2.60. The summed E-state index contributed by atoms with van der Waals surface area (Å²) in [5, 5.41) is 2.37. The predicted molar refractivity (Wildman–Crippen MR) is 112 cm³/mol. The van der Waals surface area contributed by atoms with Gasteiger partial charge in [-0.3, -0.25) is 0 Å². The lowest BCUT2D eigenvalue weighted by Crippen LogP contribution is -2.67. The van der Waals surface area contributed by atoms with E-state index in [-0.39, 0.29) is 23.0 Å². The number of carbonyl (C=O) groups excluding carboxylic acids is 1.